The largest absolute Gasteiger partial charge is 0.493 e. The molecule has 2 aromatic carbocycles. The normalized spacial score (nSPS) is 24.6. The van der Waals surface area contributed by atoms with Gasteiger partial charge >= 0.3 is 12.0 Å². The molecule has 2 heterocycles. The van der Waals surface area contributed by atoms with Crippen LogP contribution in [0.5, 0.6) is 11.5 Å². The number of hydrogen-bond acceptors (Lipinski definition) is 7. The summed E-state index contributed by atoms with van der Waals surface area (Å²) in [5, 5.41) is 18.1. The molecule has 2 aromatic rings. The van der Waals surface area contributed by atoms with Gasteiger partial charge in [0.2, 0.25) is 11.8 Å². The maximum Gasteiger partial charge on any atom is 0.324 e. The minimum Gasteiger partial charge on any atom is -0.493 e. The second kappa shape index (κ2) is 10.2. The number of carbonyl (C=O) groups is 4. The van der Waals surface area contributed by atoms with E-state index in [4.69, 9.17) is 15.2 Å². The lowest BCUT2D eigenvalue weighted by atomic mass is 9.77. The number of hydrogen-bond donors (Lipinski definition) is 5. The summed E-state index contributed by atoms with van der Waals surface area (Å²) in [6.45, 7) is 0.331. The summed E-state index contributed by atoms with van der Waals surface area (Å²) in [6.07, 6.45) is 0.195. The Morgan fingerprint density at radius 2 is 1.86 bits per heavy atom. The lowest BCUT2D eigenvalue weighted by Gasteiger charge is -2.30. The fraction of sp³-hybridized carbons (Fsp3) is 0.360. The smallest absolute Gasteiger partial charge is 0.324 e. The summed E-state index contributed by atoms with van der Waals surface area (Å²) in [5.41, 5.74) is 4.76. The molecule has 36 heavy (non-hydrogen) atoms. The van der Waals surface area contributed by atoms with E-state index in [1.54, 1.807) is 18.2 Å². The molecule has 6 N–H and O–H groups in total. The molecule has 4 atom stereocenters. The number of benzene rings is 2. The van der Waals surface area contributed by atoms with Gasteiger partial charge in [-0.25, -0.2) is 4.79 Å². The van der Waals surface area contributed by atoms with Gasteiger partial charge in [-0.1, -0.05) is 42.5 Å². The van der Waals surface area contributed by atoms with E-state index in [2.05, 4.69) is 16.0 Å². The Morgan fingerprint density at radius 1 is 1.11 bits per heavy atom. The number of carboxylic acids is 1. The van der Waals surface area contributed by atoms with Crippen LogP contribution in [0.2, 0.25) is 0 Å². The molecule has 2 aliphatic rings. The van der Waals surface area contributed by atoms with Gasteiger partial charge in [-0.05, 0) is 24.5 Å². The number of urea groups is 1. The molecule has 2 saturated heterocycles. The number of methoxy groups -OCH3 is 1. The van der Waals surface area contributed by atoms with Crippen molar-refractivity contribution in [3.05, 3.63) is 59.7 Å². The molecular formula is C25H28N4O7. The van der Waals surface area contributed by atoms with E-state index in [9.17, 15) is 24.3 Å². The molecule has 0 radical (unpaired) electrons. The standard InChI is InChI=1S/C25H28N4O7/c1-35-16-10-5-9-15(20(16)36-13-14-7-3-2-4-8-14)19-17-18(22(31)28-21(17)30)25(29-19,23(32)33)11-6-12-27-24(26)34/h2-5,7-10,17-19,29H,6,11-13H2,1H3,(H,32,33)(H3,26,27,34)(H,28,30,31). The van der Waals surface area contributed by atoms with Gasteiger partial charge in [-0.2, -0.15) is 0 Å². The Kier molecular flexibility index (Phi) is 7.11. The third kappa shape index (κ3) is 4.57. The van der Waals surface area contributed by atoms with Crippen LogP contribution < -0.4 is 31.2 Å². The topological polar surface area (TPSA) is 169 Å². The molecule has 0 aliphatic carbocycles. The number of primary amides is 1. The Bertz CT molecular complexity index is 1170. The fourth-order valence-electron chi connectivity index (χ4n) is 5.13. The molecule has 11 nitrogen and oxygen atoms in total. The van der Waals surface area contributed by atoms with Crippen LogP contribution in [0.25, 0.3) is 0 Å². The fourth-order valence-corrected chi connectivity index (χ4v) is 5.13. The first-order chi connectivity index (χ1) is 17.3. The number of nitrogens with two attached hydrogens (primary N) is 1. The van der Waals surface area contributed by atoms with Gasteiger partial charge in [0.15, 0.2) is 11.5 Å². The van der Waals surface area contributed by atoms with Crippen molar-refractivity contribution in [1.82, 2.24) is 16.0 Å². The van der Waals surface area contributed by atoms with Crippen LogP contribution in [-0.2, 0) is 21.0 Å². The van der Waals surface area contributed by atoms with E-state index in [1.807, 2.05) is 30.3 Å². The van der Waals surface area contributed by atoms with Crippen molar-refractivity contribution >= 4 is 23.8 Å². The number of rotatable bonds is 10. The first kappa shape index (κ1) is 25.0. The molecule has 0 saturated carbocycles. The summed E-state index contributed by atoms with van der Waals surface area (Å²) in [6, 6.07) is 13.0. The molecule has 0 aromatic heterocycles. The highest BCUT2D eigenvalue weighted by atomic mass is 16.5. The highest BCUT2D eigenvalue weighted by molar-refractivity contribution is 6.09. The number of amides is 4. The number of nitrogens with one attached hydrogen (secondary N) is 3. The zero-order valence-electron chi connectivity index (χ0n) is 19.7. The first-order valence-corrected chi connectivity index (χ1v) is 11.5. The molecule has 2 aliphatic heterocycles. The third-order valence-electron chi connectivity index (χ3n) is 6.71. The van der Waals surface area contributed by atoms with Crippen LogP contribution in [0, 0.1) is 11.8 Å². The number of fused-ring (bicyclic) bond motifs is 1. The Hall–Kier alpha value is -4.12. The zero-order chi connectivity index (χ0) is 25.9. The van der Waals surface area contributed by atoms with Gasteiger partial charge in [0.05, 0.1) is 18.9 Å². The summed E-state index contributed by atoms with van der Waals surface area (Å²) in [5.74, 6) is -3.86. The molecule has 11 heteroatoms. The van der Waals surface area contributed by atoms with Crippen LogP contribution in [0.3, 0.4) is 0 Å². The van der Waals surface area contributed by atoms with E-state index in [0.717, 1.165) is 5.56 Å². The van der Waals surface area contributed by atoms with Crippen LogP contribution in [0.1, 0.15) is 30.0 Å². The minimum absolute atomic E-state index is 0.0227. The van der Waals surface area contributed by atoms with E-state index in [0.29, 0.717) is 17.1 Å². The van der Waals surface area contributed by atoms with E-state index in [-0.39, 0.29) is 26.0 Å². The maximum atomic E-state index is 12.9. The number of ether oxygens (including phenoxy) is 2. The maximum absolute atomic E-state index is 12.9. The number of imide groups is 1. The lowest BCUT2D eigenvalue weighted by molar-refractivity contribution is -0.149. The van der Waals surface area contributed by atoms with Crippen molar-refractivity contribution in [2.45, 2.75) is 31.0 Å². The molecule has 0 spiro atoms. The predicted octanol–water partition coefficient (Wildman–Crippen LogP) is 1.08. The minimum atomic E-state index is -1.75. The van der Waals surface area contributed by atoms with Crippen molar-refractivity contribution < 1.29 is 33.8 Å². The van der Waals surface area contributed by atoms with Crippen LogP contribution in [-0.4, -0.2) is 48.1 Å². The van der Waals surface area contributed by atoms with E-state index < -0.39 is 47.2 Å². The quantitative estimate of drug-likeness (QED) is 0.240. The molecule has 0 bridgehead atoms. The first-order valence-electron chi connectivity index (χ1n) is 11.5. The summed E-state index contributed by atoms with van der Waals surface area (Å²) >= 11 is 0. The molecule has 2 fully saturated rings. The van der Waals surface area contributed by atoms with E-state index in [1.165, 1.54) is 7.11 Å². The SMILES string of the molecule is COc1cccc(C2NC(CCCNC(N)=O)(C(=O)O)C3C(=O)NC(=O)C23)c1OCc1ccccc1. The van der Waals surface area contributed by atoms with Crippen molar-refractivity contribution in [3.8, 4) is 11.5 Å². The Morgan fingerprint density at radius 3 is 2.53 bits per heavy atom. The molecule has 190 valence electrons. The lowest BCUT2D eigenvalue weighted by Crippen LogP contribution is -2.55. The monoisotopic (exact) mass is 496 g/mol. The average molecular weight is 497 g/mol. The zero-order valence-corrected chi connectivity index (χ0v) is 19.7. The highest BCUT2D eigenvalue weighted by Crippen LogP contribution is 2.51. The van der Waals surface area contributed by atoms with Gasteiger partial charge in [0.1, 0.15) is 12.1 Å². The summed E-state index contributed by atoms with van der Waals surface area (Å²) in [4.78, 5) is 49.4. The molecule has 4 rings (SSSR count). The molecule has 4 amide bonds. The predicted molar refractivity (Wildman–Crippen MR) is 127 cm³/mol. The van der Waals surface area contributed by atoms with Crippen molar-refractivity contribution in [2.75, 3.05) is 13.7 Å². The van der Waals surface area contributed by atoms with Crippen molar-refractivity contribution in [2.24, 2.45) is 17.6 Å². The molecular weight excluding hydrogens is 468 g/mol. The van der Waals surface area contributed by atoms with Gasteiger partial charge < -0.3 is 25.6 Å². The van der Waals surface area contributed by atoms with Crippen LogP contribution in [0.15, 0.2) is 48.5 Å². The van der Waals surface area contributed by atoms with Crippen molar-refractivity contribution in [3.63, 3.8) is 0 Å². The molecule has 4 unspecified atom stereocenters. The third-order valence-corrected chi connectivity index (χ3v) is 6.71. The van der Waals surface area contributed by atoms with E-state index >= 15 is 0 Å². The number of para-hydroxylation sites is 1. The Balaban J connectivity index is 1.71. The highest BCUT2D eigenvalue weighted by Gasteiger charge is 2.66. The van der Waals surface area contributed by atoms with Gasteiger partial charge in [0.25, 0.3) is 0 Å². The average Bonchev–Trinajstić information content (AvgIpc) is 3.37. The summed E-state index contributed by atoms with van der Waals surface area (Å²) < 4.78 is 11.6. The second-order valence-corrected chi connectivity index (χ2v) is 8.80. The number of aliphatic carboxylic acids is 1. The number of carbonyl (C=O) groups excluding carboxylic acids is 3. The van der Waals surface area contributed by atoms with Crippen LogP contribution >= 0.6 is 0 Å². The van der Waals surface area contributed by atoms with Gasteiger partial charge in [0, 0.05) is 18.2 Å². The number of carboxylic acid groups (broad SMARTS) is 1. The summed E-state index contributed by atoms with van der Waals surface area (Å²) in [7, 11) is 1.48. The second-order valence-electron chi connectivity index (χ2n) is 8.80. The van der Waals surface area contributed by atoms with Crippen LogP contribution in [0.4, 0.5) is 4.79 Å². The van der Waals surface area contributed by atoms with Crippen molar-refractivity contribution in [1.29, 1.82) is 0 Å². The Labute approximate surface area is 207 Å². The van der Waals surface area contributed by atoms with Gasteiger partial charge in [-0.15, -0.1) is 0 Å². The van der Waals surface area contributed by atoms with Gasteiger partial charge in [-0.3, -0.25) is 25.0 Å².